The van der Waals surface area contributed by atoms with Gasteiger partial charge in [-0.2, -0.15) is 0 Å². The standard InChI is InChI=1S/C10H14N4S/c1-2-4-14-5-3-9(8-14)6-11-10-7-12-13-15-10/h3,5,7-8,11H,2,4,6H2,1H3. The quantitative estimate of drug-likeness (QED) is 0.844. The van der Waals surface area contributed by atoms with Gasteiger partial charge < -0.3 is 9.88 Å². The van der Waals surface area contributed by atoms with Crippen LogP contribution in [0.15, 0.2) is 24.7 Å². The van der Waals surface area contributed by atoms with E-state index in [4.69, 9.17) is 0 Å². The highest BCUT2D eigenvalue weighted by Gasteiger charge is 1.98. The Bertz CT molecular complexity index is 393. The summed E-state index contributed by atoms with van der Waals surface area (Å²) in [5, 5.41) is 8.06. The third-order valence-corrected chi connectivity index (χ3v) is 2.74. The Labute approximate surface area is 93.1 Å². The zero-order valence-corrected chi connectivity index (χ0v) is 9.50. The lowest BCUT2D eigenvalue weighted by Gasteiger charge is -2.00. The Morgan fingerprint density at radius 3 is 3.20 bits per heavy atom. The van der Waals surface area contributed by atoms with E-state index in [0.717, 1.165) is 18.1 Å². The molecule has 0 aliphatic heterocycles. The number of nitrogens with zero attached hydrogens (tertiary/aromatic N) is 3. The molecule has 15 heavy (non-hydrogen) atoms. The molecule has 0 atom stereocenters. The van der Waals surface area contributed by atoms with Crippen molar-refractivity contribution in [1.82, 2.24) is 14.2 Å². The first-order valence-corrected chi connectivity index (χ1v) is 5.81. The molecule has 1 N–H and O–H groups in total. The van der Waals surface area contributed by atoms with Gasteiger partial charge in [-0.25, -0.2) is 0 Å². The lowest BCUT2D eigenvalue weighted by atomic mass is 10.3. The lowest BCUT2D eigenvalue weighted by Crippen LogP contribution is -1.97. The average molecular weight is 222 g/mol. The third-order valence-electron chi connectivity index (χ3n) is 2.12. The minimum atomic E-state index is 0.834. The summed E-state index contributed by atoms with van der Waals surface area (Å²) < 4.78 is 6.00. The maximum Gasteiger partial charge on any atom is 0.130 e. The van der Waals surface area contributed by atoms with Crippen molar-refractivity contribution in [1.29, 1.82) is 0 Å². The summed E-state index contributed by atoms with van der Waals surface area (Å²) in [7, 11) is 0. The van der Waals surface area contributed by atoms with Crippen molar-refractivity contribution < 1.29 is 0 Å². The van der Waals surface area contributed by atoms with E-state index in [-0.39, 0.29) is 0 Å². The van der Waals surface area contributed by atoms with E-state index in [1.165, 1.54) is 23.5 Å². The zero-order valence-electron chi connectivity index (χ0n) is 8.68. The molecule has 80 valence electrons. The molecule has 0 amide bonds. The van der Waals surface area contributed by atoms with Crippen molar-refractivity contribution in [3.05, 3.63) is 30.2 Å². The van der Waals surface area contributed by atoms with Gasteiger partial charge in [0.05, 0.1) is 6.20 Å². The number of aromatic nitrogens is 3. The van der Waals surface area contributed by atoms with Gasteiger partial charge in [0.25, 0.3) is 0 Å². The Kier molecular flexibility index (Phi) is 3.34. The first-order valence-electron chi connectivity index (χ1n) is 5.04. The fourth-order valence-corrected chi connectivity index (χ4v) is 1.84. The Morgan fingerprint density at radius 2 is 2.47 bits per heavy atom. The molecular weight excluding hydrogens is 208 g/mol. The van der Waals surface area contributed by atoms with Crippen molar-refractivity contribution in [2.75, 3.05) is 5.32 Å². The summed E-state index contributed by atoms with van der Waals surface area (Å²) in [5.41, 5.74) is 1.29. The van der Waals surface area contributed by atoms with Crippen LogP contribution in [0.1, 0.15) is 18.9 Å². The van der Waals surface area contributed by atoms with Crippen LogP contribution in [0.25, 0.3) is 0 Å². The fourth-order valence-electron chi connectivity index (χ4n) is 1.43. The van der Waals surface area contributed by atoms with Crippen molar-refractivity contribution in [3.63, 3.8) is 0 Å². The highest BCUT2D eigenvalue weighted by Crippen LogP contribution is 2.11. The molecule has 0 fully saturated rings. The van der Waals surface area contributed by atoms with Gasteiger partial charge in [0, 0.05) is 37.0 Å². The van der Waals surface area contributed by atoms with Crippen LogP contribution in [0.2, 0.25) is 0 Å². The van der Waals surface area contributed by atoms with Gasteiger partial charge in [0.1, 0.15) is 5.00 Å². The van der Waals surface area contributed by atoms with Gasteiger partial charge in [0.15, 0.2) is 0 Å². The summed E-state index contributed by atoms with van der Waals surface area (Å²) in [5.74, 6) is 0. The van der Waals surface area contributed by atoms with Crippen molar-refractivity contribution in [2.45, 2.75) is 26.4 Å². The summed E-state index contributed by atoms with van der Waals surface area (Å²) in [6.45, 7) is 4.10. The van der Waals surface area contributed by atoms with E-state index in [1.54, 1.807) is 6.20 Å². The molecule has 4 nitrogen and oxygen atoms in total. The lowest BCUT2D eigenvalue weighted by molar-refractivity contribution is 0.682. The minimum Gasteiger partial charge on any atom is -0.370 e. The second-order valence-corrected chi connectivity index (χ2v) is 4.18. The van der Waals surface area contributed by atoms with Crippen LogP contribution < -0.4 is 5.32 Å². The fraction of sp³-hybridized carbons (Fsp3) is 0.400. The van der Waals surface area contributed by atoms with Gasteiger partial charge in [0.2, 0.25) is 0 Å². The van der Waals surface area contributed by atoms with Crippen LogP contribution in [0.5, 0.6) is 0 Å². The van der Waals surface area contributed by atoms with Crippen LogP contribution in [0.4, 0.5) is 5.00 Å². The van der Waals surface area contributed by atoms with Crippen LogP contribution >= 0.6 is 11.5 Å². The molecule has 5 heteroatoms. The van der Waals surface area contributed by atoms with Crippen molar-refractivity contribution in [2.24, 2.45) is 0 Å². The predicted molar refractivity (Wildman–Crippen MR) is 62.0 cm³/mol. The molecule has 2 aromatic rings. The smallest absolute Gasteiger partial charge is 0.130 e. The molecule has 0 aromatic carbocycles. The molecule has 2 rings (SSSR count). The van der Waals surface area contributed by atoms with Crippen LogP contribution in [-0.4, -0.2) is 14.2 Å². The molecular formula is C10H14N4S. The number of rotatable bonds is 5. The maximum absolute atomic E-state index is 3.79. The number of hydrogen-bond acceptors (Lipinski definition) is 4. The predicted octanol–water partition coefficient (Wildman–Crippen LogP) is 2.36. The summed E-state index contributed by atoms with van der Waals surface area (Å²) >= 11 is 1.38. The van der Waals surface area contributed by atoms with E-state index >= 15 is 0 Å². The van der Waals surface area contributed by atoms with Gasteiger partial charge in [-0.1, -0.05) is 11.4 Å². The molecule has 0 bridgehead atoms. The summed E-state index contributed by atoms with van der Waals surface area (Å²) in [6, 6.07) is 2.14. The van der Waals surface area contributed by atoms with Crippen LogP contribution in [0.3, 0.4) is 0 Å². The van der Waals surface area contributed by atoms with E-state index in [0.29, 0.717) is 0 Å². The number of nitrogens with one attached hydrogen (secondary N) is 1. The molecule has 2 heterocycles. The first-order chi connectivity index (χ1) is 7.38. The largest absolute Gasteiger partial charge is 0.370 e. The second kappa shape index (κ2) is 4.93. The summed E-state index contributed by atoms with van der Waals surface area (Å²) in [6.07, 6.45) is 7.20. The molecule has 0 saturated carbocycles. The number of aryl methyl sites for hydroxylation is 1. The molecule has 2 aromatic heterocycles. The number of anilines is 1. The first kappa shape index (κ1) is 10.2. The second-order valence-electron chi connectivity index (χ2n) is 3.39. The summed E-state index contributed by atoms with van der Waals surface area (Å²) in [4.78, 5) is 0. The van der Waals surface area contributed by atoms with Crippen molar-refractivity contribution in [3.8, 4) is 0 Å². The van der Waals surface area contributed by atoms with Gasteiger partial charge >= 0.3 is 0 Å². The van der Waals surface area contributed by atoms with Gasteiger partial charge in [-0.05, 0) is 18.1 Å². The van der Waals surface area contributed by atoms with E-state index in [9.17, 15) is 0 Å². The molecule has 0 saturated heterocycles. The van der Waals surface area contributed by atoms with Crippen molar-refractivity contribution >= 4 is 16.5 Å². The molecule has 0 aliphatic rings. The Hall–Kier alpha value is -1.36. The topological polar surface area (TPSA) is 42.7 Å². The minimum absolute atomic E-state index is 0.834. The SMILES string of the molecule is CCCn1ccc(CNc2cnns2)c1. The third kappa shape index (κ3) is 2.79. The molecule has 0 aliphatic carbocycles. The number of hydrogen-bond donors (Lipinski definition) is 1. The average Bonchev–Trinajstić information content (AvgIpc) is 2.85. The highest BCUT2D eigenvalue weighted by molar-refractivity contribution is 7.09. The van der Waals surface area contributed by atoms with Crippen LogP contribution in [0, 0.1) is 0 Å². The molecule has 0 spiro atoms. The molecule has 0 unspecified atom stereocenters. The van der Waals surface area contributed by atoms with Gasteiger partial charge in [-0.3, -0.25) is 0 Å². The molecule has 0 radical (unpaired) electrons. The zero-order chi connectivity index (χ0) is 10.5. The monoisotopic (exact) mass is 222 g/mol. The maximum atomic E-state index is 3.79. The Balaban J connectivity index is 1.88. The normalized spacial score (nSPS) is 10.5. The van der Waals surface area contributed by atoms with E-state index in [1.807, 2.05) is 0 Å². The Morgan fingerprint density at radius 1 is 1.53 bits per heavy atom. The van der Waals surface area contributed by atoms with Crippen LogP contribution in [-0.2, 0) is 13.1 Å². The van der Waals surface area contributed by atoms with E-state index in [2.05, 4.69) is 44.9 Å². The van der Waals surface area contributed by atoms with E-state index < -0.39 is 0 Å². The van der Waals surface area contributed by atoms with Gasteiger partial charge in [-0.15, -0.1) is 5.10 Å². The highest BCUT2D eigenvalue weighted by atomic mass is 32.1.